The summed E-state index contributed by atoms with van der Waals surface area (Å²) in [4.78, 5) is 25.2. The number of pyridine rings is 1. The van der Waals surface area contributed by atoms with Gasteiger partial charge in [0.15, 0.2) is 0 Å². The third-order valence-electron chi connectivity index (χ3n) is 1.40. The van der Waals surface area contributed by atoms with Crippen LogP contribution < -0.4 is 0 Å². The molecule has 5 nitrogen and oxygen atoms in total. The summed E-state index contributed by atoms with van der Waals surface area (Å²) < 4.78 is 4.87. The van der Waals surface area contributed by atoms with Gasteiger partial charge in [0, 0.05) is 4.47 Å². The molecule has 88 valence electrons. The molecule has 0 radical (unpaired) electrons. The van der Waals surface area contributed by atoms with Crippen molar-refractivity contribution < 1.29 is 19.4 Å². The lowest BCUT2D eigenvalue weighted by Crippen LogP contribution is -2.09. The highest BCUT2D eigenvalue weighted by atomic mass is 79.9. The molecule has 1 rings (SSSR count). The van der Waals surface area contributed by atoms with Crippen LogP contribution in [0, 0.1) is 0 Å². The fourth-order valence-corrected chi connectivity index (χ4v) is 1.25. The first-order valence-electron chi connectivity index (χ1n) is 4.54. The third-order valence-corrected chi connectivity index (χ3v) is 1.86. The number of methoxy groups -OCH3 is 1. The van der Waals surface area contributed by atoms with E-state index in [4.69, 9.17) is 5.11 Å². The molecule has 0 amide bonds. The summed E-state index contributed by atoms with van der Waals surface area (Å²) in [5.41, 5.74) is -0.251. The molecule has 0 saturated carbocycles. The molecule has 0 spiro atoms. The largest absolute Gasteiger partial charge is 0.477 e. The van der Waals surface area contributed by atoms with Crippen molar-refractivity contribution in [1.82, 2.24) is 4.98 Å². The first-order valence-corrected chi connectivity index (χ1v) is 5.33. The highest BCUT2D eigenvalue weighted by Crippen LogP contribution is 2.13. The Bertz CT molecular complexity index is 392. The molecular weight excluding hydrogens is 278 g/mol. The van der Waals surface area contributed by atoms with Gasteiger partial charge in [0.2, 0.25) is 0 Å². The van der Waals surface area contributed by atoms with E-state index in [0.717, 1.165) is 0 Å². The maximum absolute atomic E-state index is 11.0. The molecule has 0 unspecified atom stereocenters. The van der Waals surface area contributed by atoms with Gasteiger partial charge in [0.25, 0.3) is 0 Å². The molecule has 0 bridgehead atoms. The summed E-state index contributed by atoms with van der Waals surface area (Å²) in [6.07, 6.45) is 0. The van der Waals surface area contributed by atoms with E-state index in [9.17, 15) is 9.59 Å². The number of rotatable bonds is 2. The second-order valence-corrected chi connectivity index (χ2v) is 3.27. The van der Waals surface area contributed by atoms with Gasteiger partial charge in [0.1, 0.15) is 11.4 Å². The zero-order valence-electron chi connectivity index (χ0n) is 9.15. The quantitative estimate of drug-likeness (QED) is 0.846. The standard InChI is InChI=1S/C8H6BrNO4.C2H6/c1-14-8(13)6-3-4(9)2-5(10-6)7(11)12;1-2/h2-3H,1H3,(H,11,12);1-2H3. The molecule has 1 aromatic rings. The minimum absolute atomic E-state index is 0.0423. The number of nitrogens with zero attached hydrogens (tertiary/aromatic N) is 1. The van der Waals surface area contributed by atoms with E-state index in [1.165, 1.54) is 19.2 Å². The topological polar surface area (TPSA) is 76.5 Å². The summed E-state index contributed by atoms with van der Waals surface area (Å²) in [6.45, 7) is 4.00. The number of carbonyl (C=O) groups excluding carboxylic acids is 1. The molecule has 0 saturated heterocycles. The number of halogens is 1. The molecule has 1 heterocycles. The van der Waals surface area contributed by atoms with Crippen molar-refractivity contribution in [3.8, 4) is 0 Å². The zero-order chi connectivity index (χ0) is 12.7. The first-order chi connectivity index (χ1) is 7.54. The molecule has 0 aliphatic heterocycles. The molecule has 1 N–H and O–H groups in total. The van der Waals surface area contributed by atoms with Crippen molar-refractivity contribution in [2.45, 2.75) is 13.8 Å². The fourth-order valence-electron chi connectivity index (χ4n) is 0.816. The Kier molecular flexibility index (Phi) is 6.32. The monoisotopic (exact) mass is 289 g/mol. The van der Waals surface area contributed by atoms with Gasteiger partial charge in [-0.25, -0.2) is 14.6 Å². The van der Waals surface area contributed by atoms with Crippen LogP contribution in [0.2, 0.25) is 0 Å². The van der Waals surface area contributed by atoms with Crippen molar-refractivity contribution in [3.05, 3.63) is 28.0 Å². The van der Waals surface area contributed by atoms with E-state index >= 15 is 0 Å². The molecule has 1 aromatic heterocycles. The summed E-state index contributed by atoms with van der Waals surface area (Å²) in [7, 11) is 1.20. The Morgan fingerprint density at radius 2 is 1.81 bits per heavy atom. The van der Waals surface area contributed by atoms with Gasteiger partial charge in [0.05, 0.1) is 7.11 Å². The summed E-state index contributed by atoms with van der Waals surface area (Å²) in [6, 6.07) is 2.69. The smallest absolute Gasteiger partial charge is 0.356 e. The maximum Gasteiger partial charge on any atom is 0.356 e. The molecule has 0 aromatic carbocycles. The number of aromatic nitrogens is 1. The van der Waals surface area contributed by atoms with Crippen LogP contribution in [0.3, 0.4) is 0 Å². The lowest BCUT2D eigenvalue weighted by Gasteiger charge is -2.00. The number of hydrogen-bond acceptors (Lipinski definition) is 4. The number of esters is 1. The van der Waals surface area contributed by atoms with Crippen LogP contribution in [0.25, 0.3) is 0 Å². The number of carboxylic acid groups (broad SMARTS) is 1. The van der Waals surface area contributed by atoms with Gasteiger partial charge in [-0.3, -0.25) is 0 Å². The Morgan fingerprint density at radius 1 is 1.31 bits per heavy atom. The van der Waals surface area contributed by atoms with Crippen molar-refractivity contribution >= 4 is 27.9 Å². The summed E-state index contributed by atoms with van der Waals surface area (Å²) in [5, 5.41) is 8.65. The minimum Gasteiger partial charge on any atom is -0.477 e. The van der Waals surface area contributed by atoms with E-state index in [2.05, 4.69) is 25.7 Å². The Hall–Kier alpha value is -1.43. The number of hydrogen-bond donors (Lipinski definition) is 1. The van der Waals surface area contributed by atoms with E-state index in [1.807, 2.05) is 13.8 Å². The first kappa shape index (κ1) is 14.6. The molecule has 16 heavy (non-hydrogen) atoms. The van der Waals surface area contributed by atoms with Gasteiger partial charge in [-0.05, 0) is 12.1 Å². The Balaban J connectivity index is 0.00000106. The van der Waals surface area contributed by atoms with Crippen LogP contribution in [0.15, 0.2) is 16.6 Å². The predicted octanol–water partition coefficient (Wildman–Crippen LogP) is 2.36. The summed E-state index contributed by atoms with van der Waals surface area (Å²) >= 11 is 3.07. The van der Waals surface area contributed by atoms with Crippen molar-refractivity contribution in [1.29, 1.82) is 0 Å². The SMILES string of the molecule is CC.COC(=O)c1cc(Br)cc(C(=O)O)n1. The second-order valence-electron chi connectivity index (χ2n) is 2.35. The molecule has 0 aliphatic carbocycles. The third kappa shape index (κ3) is 3.98. The lowest BCUT2D eigenvalue weighted by atomic mass is 10.3. The number of aromatic carboxylic acids is 1. The van der Waals surface area contributed by atoms with Gasteiger partial charge in [-0.2, -0.15) is 0 Å². The number of carbonyl (C=O) groups is 2. The van der Waals surface area contributed by atoms with Crippen LogP contribution in [0.1, 0.15) is 34.8 Å². The maximum atomic E-state index is 11.0. The number of ether oxygens (including phenoxy) is 1. The average Bonchev–Trinajstić information content (AvgIpc) is 2.29. The van der Waals surface area contributed by atoms with Gasteiger partial charge in [-0.1, -0.05) is 29.8 Å². The van der Waals surface area contributed by atoms with Crippen molar-refractivity contribution in [2.75, 3.05) is 7.11 Å². The van der Waals surface area contributed by atoms with E-state index in [-0.39, 0.29) is 11.4 Å². The van der Waals surface area contributed by atoms with Crippen LogP contribution in [0.4, 0.5) is 0 Å². The van der Waals surface area contributed by atoms with E-state index in [0.29, 0.717) is 4.47 Å². The average molecular weight is 290 g/mol. The van der Waals surface area contributed by atoms with Gasteiger partial charge >= 0.3 is 11.9 Å². The van der Waals surface area contributed by atoms with Crippen molar-refractivity contribution in [2.24, 2.45) is 0 Å². The Morgan fingerprint density at radius 3 is 2.25 bits per heavy atom. The fraction of sp³-hybridized carbons (Fsp3) is 0.300. The molecule has 6 heteroatoms. The highest BCUT2D eigenvalue weighted by molar-refractivity contribution is 9.10. The highest BCUT2D eigenvalue weighted by Gasteiger charge is 2.13. The van der Waals surface area contributed by atoms with Crippen LogP contribution in [-0.4, -0.2) is 29.1 Å². The second kappa shape index (κ2) is 6.95. The lowest BCUT2D eigenvalue weighted by molar-refractivity contribution is 0.0593. The van der Waals surface area contributed by atoms with Crippen LogP contribution in [-0.2, 0) is 4.74 Å². The van der Waals surface area contributed by atoms with Crippen molar-refractivity contribution in [3.63, 3.8) is 0 Å². The van der Waals surface area contributed by atoms with Crippen LogP contribution >= 0.6 is 15.9 Å². The molecule has 0 fully saturated rings. The summed E-state index contributed by atoms with van der Waals surface area (Å²) in [5.74, 6) is -1.87. The van der Waals surface area contributed by atoms with E-state index in [1.54, 1.807) is 0 Å². The minimum atomic E-state index is -1.20. The Labute approximate surface area is 102 Å². The number of carboxylic acids is 1. The molecule has 0 aliphatic rings. The molecule has 0 atom stereocenters. The van der Waals surface area contributed by atoms with Crippen LogP contribution in [0.5, 0.6) is 0 Å². The van der Waals surface area contributed by atoms with E-state index < -0.39 is 11.9 Å². The normalized spacial score (nSPS) is 8.75. The van der Waals surface area contributed by atoms with Gasteiger partial charge in [-0.15, -0.1) is 0 Å². The molecular formula is C10H12BrNO4. The van der Waals surface area contributed by atoms with Gasteiger partial charge < -0.3 is 9.84 Å². The predicted molar refractivity (Wildman–Crippen MR) is 61.6 cm³/mol. The zero-order valence-corrected chi connectivity index (χ0v) is 10.7.